The zero-order chi connectivity index (χ0) is 9.10. The number of aromatic nitrogens is 3. The molecule has 4 nitrogen and oxygen atoms in total. The molecule has 0 spiro atoms. The van der Waals surface area contributed by atoms with Crippen LogP contribution in [0.25, 0.3) is 11.0 Å². The molecule has 0 aliphatic carbocycles. The summed E-state index contributed by atoms with van der Waals surface area (Å²) in [5.41, 5.74) is 2.44. The lowest BCUT2D eigenvalue weighted by Crippen LogP contribution is -1.80. The van der Waals surface area contributed by atoms with E-state index in [-0.39, 0.29) is 6.61 Å². The van der Waals surface area contributed by atoms with Crippen molar-refractivity contribution in [2.45, 2.75) is 0 Å². The maximum atomic E-state index is 8.49. The molecule has 0 saturated carbocycles. The highest BCUT2D eigenvalue weighted by molar-refractivity contribution is 5.74. The van der Waals surface area contributed by atoms with Crippen LogP contribution in [-0.4, -0.2) is 26.9 Å². The molecule has 2 rings (SSSR count). The van der Waals surface area contributed by atoms with Crippen LogP contribution < -0.4 is 0 Å². The van der Waals surface area contributed by atoms with Gasteiger partial charge in [0.15, 0.2) is 0 Å². The Kier molecular flexibility index (Phi) is 1.94. The van der Waals surface area contributed by atoms with Crippen molar-refractivity contribution in [2.24, 2.45) is 0 Å². The predicted molar refractivity (Wildman–Crippen MR) is 47.9 cm³/mol. The molecule has 0 amide bonds. The summed E-state index contributed by atoms with van der Waals surface area (Å²) in [6.07, 6.45) is 3.30. The first-order chi connectivity index (χ1) is 6.40. The highest BCUT2D eigenvalue weighted by Crippen LogP contribution is 2.07. The second-order valence-corrected chi connectivity index (χ2v) is 2.49. The first-order valence-corrected chi connectivity index (χ1v) is 3.79. The number of fused-ring (bicyclic) bond motifs is 1. The fraction of sp³-hybridized carbons (Fsp3) is 0.111. The Labute approximate surface area is 74.6 Å². The smallest absolute Gasteiger partial charge is 0.108 e. The lowest BCUT2D eigenvalue weighted by molar-refractivity contribution is 0.350. The van der Waals surface area contributed by atoms with Crippen molar-refractivity contribution in [3.05, 3.63) is 24.0 Å². The molecule has 4 heteroatoms. The van der Waals surface area contributed by atoms with Crippen LogP contribution in [0.15, 0.2) is 18.5 Å². The minimum atomic E-state index is -0.138. The van der Waals surface area contributed by atoms with Crippen LogP contribution in [0.3, 0.4) is 0 Å². The second kappa shape index (κ2) is 3.25. The van der Waals surface area contributed by atoms with Crippen molar-refractivity contribution in [3.8, 4) is 11.8 Å². The topological polar surface area (TPSA) is 61.8 Å². The lowest BCUT2D eigenvalue weighted by atomic mass is 10.2. The Morgan fingerprint density at radius 2 is 2.38 bits per heavy atom. The van der Waals surface area contributed by atoms with Crippen LogP contribution in [-0.2, 0) is 0 Å². The molecule has 0 fully saturated rings. The van der Waals surface area contributed by atoms with Crippen molar-refractivity contribution in [1.82, 2.24) is 15.2 Å². The van der Waals surface area contributed by atoms with Crippen LogP contribution in [0.2, 0.25) is 0 Å². The Bertz CT molecular complexity index is 478. The third-order valence-electron chi connectivity index (χ3n) is 1.60. The standard InChI is InChI=1S/C9H7N3O/c13-3-1-2-7-4-8-9(10-5-7)6-11-12-8/h4-6,13H,3H2,(H,11,12). The Morgan fingerprint density at radius 1 is 1.46 bits per heavy atom. The molecule has 64 valence electrons. The van der Waals surface area contributed by atoms with Crippen molar-refractivity contribution >= 4 is 11.0 Å². The summed E-state index contributed by atoms with van der Waals surface area (Å²) >= 11 is 0. The van der Waals surface area contributed by atoms with E-state index >= 15 is 0 Å². The van der Waals surface area contributed by atoms with Gasteiger partial charge in [-0.3, -0.25) is 10.1 Å². The molecule has 0 saturated heterocycles. The van der Waals surface area contributed by atoms with Gasteiger partial charge in [-0.05, 0) is 6.07 Å². The summed E-state index contributed by atoms with van der Waals surface area (Å²) in [6, 6.07) is 1.85. The molecular weight excluding hydrogens is 166 g/mol. The summed E-state index contributed by atoms with van der Waals surface area (Å²) in [4.78, 5) is 4.12. The van der Waals surface area contributed by atoms with Gasteiger partial charge < -0.3 is 5.11 Å². The number of aliphatic hydroxyl groups excluding tert-OH is 1. The van der Waals surface area contributed by atoms with Gasteiger partial charge in [-0.15, -0.1) is 0 Å². The van der Waals surface area contributed by atoms with Gasteiger partial charge >= 0.3 is 0 Å². The van der Waals surface area contributed by atoms with Gasteiger partial charge in [-0.25, -0.2) is 0 Å². The fourth-order valence-corrected chi connectivity index (χ4v) is 1.04. The molecule has 0 bridgehead atoms. The molecule has 2 heterocycles. The molecule has 0 unspecified atom stereocenters. The van der Waals surface area contributed by atoms with Crippen LogP contribution in [0.5, 0.6) is 0 Å². The van der Waals surface area contributed by atoms with Crippen LogP contribution >= 0.6 is 0 Å². The lowest BCUT2D eigenvalue weighted by Gasteiger charge is -1.89. The number of hydrogen-bond acceptors (Lipinski definition) is 3. The number of aromatic amines is 1. The molecule has 2 aromatic heterocycles. The summed E-state index contributed by atoms with van der Waals surface area (Å²) < 4.78 is 0. The van der Waals surface area contributed by atoms with Gasteiger partial charge in [-0.2, -0.15) is 5.10 Å². The van der Waals surface area contributed by atoms with E-state index in [1.807, 2.05) is 6.07 Å². The number of nitrogens with zero attached hydrogens (tertiary/aromatic N) is 2. The van der Waals surface area contributed by atoms with E-state index in [4.69, 9.17) is 5.11 Å². The number of H-pyrrole nitrogens is 1. The van der Waals surface area contributed by atoms with Crippen molar-refractivity contribution in [1.29, 1.82) is 0 Å². The Morgan fingerprint density at radius 3 is 3.23 bits per heavy atom. The average Bonchev–Trinajstić information content (AvgIpc) is 2.61. The van der Waals surface area contributed by atoms with E-state index < -0.39 is 0 Å². The first-order valence-electron chi connectivity index (χ1n) is 3.79. The second-order valence-electron chi connectivity index (χ2n) is 2.49. The number of nitrogens with one attached hydrogen (secondary N) is 1. The van der Waals surface area contributed by atoms with Gasteiger partial charge in [0.25, 0.3) is 0 Å². The molecule has 2 N–H and O–H groups in total. The summed E-state index contributed by atoms with van der Waals surface area (Å²) in [5.74, 6) is 5.32. The first kappa shape index (κ1) is 7.77. The number of aliphatic hydroxyl groups is 1. The largest absolute Gasteiger partial charge is 0.384 e. The Hall–Kier alpha value is -1.86. The molecule has 0 atom stereocenters. The van der Waals surface area contributed by atoms with Gasteiger partial charge in [0.05, 0.1) is 11.7 Å². The average molecular weight is 173 g/mol. The molecule has 0 aliphatic heterocycles. The quantitative estimate of drug-likeness (QED) is 0.563. The number of hydrogen-bond donors (Lipinski definition) is 2. The molecular formula is C9H7N3O. The fourth-order valence-electron chi connectivity index (χ4n) is 1.04. The van der Waals surface area contributed by atoms with Gasteiger partial charge in [0.1, 0.15) is 12.1 Å². The number of pyridine rings is 1. The highest BCUT2D eigenvalue weighted by atomic mass is 16.2. The molecule has 0 aliphatic rings. The van der Waals surface area contributed by atoms with Gasteiger partial charge in [0, 0.05) is 11.8 Å². The van der Waals surface area contributed by atoms with E-state index in [1.165, 1.54) is 0 Å². The maximum absolute atomic E-state index is 8.49. The molecule has 0 radical (unpaired) electrons. The van der Waals surface area contributed by atoms with E-state index in [0.717, 1.165) is 16.6 Å². The SMILES string of the molecule is OCC#Cc1cnc2cn[nH]c2c1. The van der Waals surface area contributed by atoms with E-state index in [1.54, 1.807) is 12.4 Å². The van der Waals surface area contributed by atoms with E-state index in [2.05, 4.69) is 27.0 Å². The molecule has 13 heavy (non-hydrogen) atoms. The zero-order valence-corrected chi connectivity index (χ0v) is 6.78. The van der Waals surface area contributed by atoms with Crippen molar-refractivity contribution in [2.75, 3.05) is 6.61 Å². The van der Waals surface area contributed by atoms with Crippen LogP contribution in [0.4, 0.5) is 0 Å². The monoisotopic (exact) mass is 173 g/mol. The zero-order valence-electron chi connectivity index (χ0n) is 6.78. The van der Waals surface area contributed by atoms with Crippen molar-refractivity contribution in [3.63, 3.8) is 0 Å². The van der Waals surface area contributed by atoms with E-state index in [9.17, 15) is 0 Å². The minimum Gasteiger partial charge on any atom is -0.384 e. The van der Waals surface area contributed by atoms with Crippen molar-refractivity contribution < 1.29 is 5.11 Å². The molecule has 0 aromatic carbocycles. The molecule has 2 aromatic rings. The van der Waals surface area contributed by atoms with Crippen LogP contribution in [0.1, 0.15) is 5.56 Å². The minimum absolute atomic E-state index is 0.138. The third kappa shape index (κ3) is 1.50. The van der Waals surface area contributed by atoms with Gasteiger partial charge in [0.2, 0.25) is 0 Å². The van der Waals surface area contributed by atoms with Crippen LogP contribution in [0, 0.1) is 11.8 Å². The maximum Gasteiger partial charge on any atom is 0.108 e. The number of rotatable bonds is 0. The van der Waals surface area contributed by atoms with E-state index in [0.29, 0.717) is 0 Å². The predicted octanol–water partition coefficient (Wildman–Crippen LogP) is 0.302. The summed E-state index contributed by atoms with van der Waals surface area (Å²) in [5, 5.41) is 15.1. The summed E-state index contributed by atoms with van der Waals surface area (Å²) in [6.45, 7) is -0.138. The van der Waals surface area contributed by atoms with Gasteiger partial charge in [-0.1, -0.05) is 11.8 Å². The Balaban J connectivity index is 2.48. The third-order valence-corrected chi connectivity index (χ3v) is 1.60. The highest BCUT2D eigenvalue weighted by Gasteiger charge is 1.95. The summed E-state index contributed by atoms with van der Waals surface area (Å²) in [7, 11) is 0. The normalized spacial score (nSPS) is 9.62.